The molecule has 1 aromatic carbocycles. The normalized spacial score (nSPS) is 22.8. The summed E-state index contributed by atoms with van der Waals surface area (Å²) in [5.74, 6) is -1.95. The Morgan fingerprint density at radius 1 is 1.38 bits per heavy atom. The average Bonchev–Trinajstić information content (AvgIpc) is 2.87. The van der Waals surface area contributed by atoms with Crippen LogP contribution in [0.5, 0.6) is 0 Å². The molecule has 0 aliphatic heterocycles. The number of amides is 1. The minimum atomic E-state index is -0.866. The fourth-order valence-electron chi connectivity index (χ4n) is 2.99. The third-order valence-corrected chi connectivity index (χ3v) is 4.22. The van der Waals surface area contributed by atoms with E-state index in [1.807, 2.05) is 31.2 Å². The summed E-state index contributed by atoms with van der Waals surface area (Å²) in [6.45, 7) is 1.92. The van der Waals surface area contributed by atoms with Crippen LogP contribution in [0.25, 0.3) is 0 Å². The summed E-state index contributed by atoms with van der Waals surface area (Å²) in [7, 11) is 0. The number of halogens is 1. The van der Waals surface area contributed by atoms with Crippen LogP contribution in [0.1, 0.15) is 31.7 Å². The third kappa shape index (κ3) is 4.21. The van der Waals surface area contributed by atoms with Gasteiger partial charge < -0.3 is 10.4 Å². The largest absolute Gasteiger partial charge is 0.481 e. The van der Waals surface area contributed by atoms with Crippen LogP contribution < -0.4 is 5.32 Å². The molecule has 2 rings (SSSR count). The van der Waals surface area contributed by atoms with Crippen molar-refractivity contribution in [2.24, 2.45) is 11.8 Å². The number of carbonyl (C=O) groups is 2. The van der Waals surface area contributed by atoms with Crippen molar-refractivity contribution in [3.05, 3.63) is 34.9 Å². The van der Waals surface area contributed by atoms with Crippen molar-refractivity contribution in [1.29, 1.82) is 0 Å². The Hall–Kier alpha value is -1.55. The lowest BCUT2D eigenvalue weighted by Crippen LogP contribution is -2.40. The molecule has 0 heterocycles. The van der Waals surface area contributed by atoms with Crippen LogP contribution in [-0.4, -0.2) is 23.0 Å². The van der Waals surface area contributed by atoms with Crippen molar-refractivity contribution in [3.8, 4) is 0 Å². The van der Waals surface area contributed by atoms with Crippen LogP contribution >= 0.6 is 11.6 Å². The van der Waals surface area contributed by atoms with Gasteiger partial charge in [-0.1, -0.05) is 30.2 Å². The van der Waals surface area contributed by atoms with E-state index in [1.54, 1.807) is 0 Å². The smallest absolute Gasteiger partial charge is 0.307 e. The van der Waals surface area contributed by atoms with Crippen molar-refractivity contribution >= 4 is 23.5 Å². The van der Waals surface area contributed by atoms with Gasteiger partial charge in [0.1, 0.15) is 0 Å². The van der Waals surface area contributed by atoms with Crippen molar-refractivity contribution < 1.29 is 14.7 Å². The molecule has 114 valence electrons. The van der Waals surface area contributed by atoms with Crippen molar-refractivity contribution in [2.75, 3.05) is 0 Å². The number of carboxylic acid groups (broad SMARTS) is 1. The van der Waals surface area contributed by atoms with E-state index in [0.717, 1.165) is 12.0 Å². The third-order valence-electron chi connectivity index (χ3n) is 3.99. The Morgan fingerprint density at radius 2 is 2.10 bits per heavy atom. The van der Waals surface area contributed by atoms with Gasteiger partial charge in [0.2, 0.25) is 5.91 Å². The molecule has 3 unspecified atom stereocenters. The Bertz CT molecular complexity index is 532. The van der Waals surface area contributed by atoms with E-state index in [0.29, 0.717) is 24.3 Å². The molecule has 4 nitrogen and oxygen atoms in total. The molecule has 5 heteroatoms. The minimum Gasteiger partial charge on any atom is -0.481 e. The molecule has 0 saturated heterocycles. The highest BCUT2D eigenvalue weighted by Gasteiger charge is 2.37. The van der Waals surface area contributed by atoms with Crippen LogP contribution in [0, 0.1) is 11.8 Å². The second kappa shape index (κ2) is 6.94. The van der Waals surface area contributed by atoms with Gasteiger partial charge in [-0.2, -0.15) is 0 Å². The van der Waals surface area contributed by atoms with Crippen LogP contribution in [-0.2, 0) is 16.0 Å². The van der Waals surface area contributed by atoms with Gasteiger partial charge in [-0.3, -0.25) is 9.59 Å². The second-order valence-electron chi connectivity index (χ2n) is 5.73. The number of hydrogen-bond donors (Lipinski definition) is 2. The van der Waals surface area contributed by atoms with E-state index in [2.05, 4.69) is 5.32 Å². The molecule has 0 spiro atoms. The van der Waals surface area contributed by atoms with E-state index in [9.17, 15) is 9.59 Å². The zero-order chi connectivity index (χ0) is 15.4. The molecule has 0 bridgehead atoms. The first-order valence-electron chi connectivity index (χ1n) is 7.25. The van der Waals surface area contributed by atoms with Crippen molar-refractivity contribution in [2.45, 2.75) is 38.6 Å². The van der Waals surface area contributed by atoms with Crippen LogP contribution in [0.3, 0.4) is 0 Å². The number of rotatable bonds is 5. The fraction of sp³-hybridized carbons (Fsp3) is 0.500. The van der Waals surface area contributed by atoms with E-state index < -0.39 is 17.8 Å². The number of hydrogen-bond acceptors (Lipinski definition) is 2. The van der Waals surface area contributed by atoms with Gasteiger partial charge in [-0.25, -0.2) is 0 Å². The summed E-state index contributed by atoms with van der Waals surface area (Å²) in [6, 6.07) is 7.48. The predicted octanol–water partition coefficient (Wildman–Crippen LogP) is 2.89. The Labute approximate surface area is 129 Å². The molecular formula is C16H20ClNO3. The minimum absolute atomic E-state index is 0.0500. The van der Waals surface area contributed by atoms with Gasteiger partial charge in [-0.15, -0.1) is 0 Å². The quantitative estimate of drug-likeness (QED) is 0.879. The maximum absolute atomic E-state index is 12.2. The van der Waals surface area contributed by atoms with Crippen LogP contribution in [0.2, 0.25) is 5.02 Å². The van der Waals surface area contributed by atoms with Gasteiger partial charge in [0.05, 0.1) is 11.8 Å². The van der Waals surface area contributed by atoms with Crippen molar-refractivity contribution in [3.63, 3.8) is 0 Å². The topological polar surface area (TPSA) is 66.4 Å². The van der Waals surface area contributed by atoms with Gasteiger partial charge in [0.25, 0.3) is 0 Å². The first kappa shape index (κ1) is 15.8. The zero-order valence-corrected chi connectivity index (χ0v) is 12.8. The monoisotopic (exact) mass is 309 g/mol. The predicted molar refractivity (Wildman–Crippen MR) is 81.2 cm³/mol. The lowest BCUT2D eigenvalue weighted by atomic mass is 9.95. The molecule has 1 aromatic rings. The number of nitrogens with one attached hydrogen (secondary N) is 1. The fourth-order valence-corrected chi connectivity index (χ4v) is 3.20. The number of aliphatic carboxylic acids is 1. The highest BCUT2D eigenvalue weighted by Crippen LogP contribution is 2.32. The van der Waals surface area contributed by atoms with E-state index in [4.69, 9.17) is 16.7 Å². The zero-order valence-electron chi connectivity index (χ0n) is 12.0. The lowest BCUT2D eigenvalue weighted by Gasteiger charge is -2.20. The first-order valence-corrected chi connectivity index (χ1v) is 7.63. The SMILES string of the molecule is CC(Cc1cccc(Cl)c1)NC(=O)C1CCCC1C(=O)O. The van der Waals surface area contributed by atoms with E-state index in [-0.39, 0.29) is 11.9 Å². The van der Waals surface area contributed by atoms with E-state index in [1.165, 1.54) is 0 Å². The molecule has 1 aliphatic rings. The number of carboxylic acids is 1. The highest BCUT2D eigenvalue weighted by atomic mass is 35.5. The number of benzene rings is 1. The van der Waals surface area contributed by atoms with Gasteiger partial charge in [-0.05, 0) is 43.9 Å². The standard InChI is InChI=1S/C16H20ClNO3/c1-10(8-11-4-2-5-12(17)9-11)18-15(19)13-6-3-7-14(13)16(20)21/h2,4-5,9-10,13-14H,3,6-8H2,1H3,(H,18,19)(H,20,21). The summed E-state index contributed by atoms with van der Waals surface area (Å²) < 4.78 is 0. The molecular weight excluding hydrogens is 290 g/mol. The van der Waals surface area contributed by atoms with Crippen LogP contribution in [0.4, 0.5) is 0 Å². The molecule has 1 saturated carbocycles. The molecule has 3 atom stereocenters. The second-order valence-corrected chi connectivity index (χ2v) is 6.16. The Morgan fingerprint density at radius 3 is 2.76 bits per heavy atom. The van der Waals surface area contributed by atoms with Gasteiger partial charge in [0.15, 0.2) is 0 Å². The molecule has 1 amide bonds. The molecule has 21 heavy (non-hydrogen) atoms. The Balaban J connectivity index is 1.91. The summed E-state index contributed by atoms with van der Waals surface area (Å²) in [5.41, 5.74) is 1.05. The lowest BCUT2D eigenvalue weighted by molar-refractivity contribution is -0.146. The average molecular weight is 310 g/mol. The number of carbonyl (C=O) groups excluding carboxylic acids is 1. The van der Waals surface area contributed by atoms with Crippen LogP contribution in [0.15, 0.2) is 24.3 Å². The summed E-state index contributed by atoms with van der Waals surface area (Å²) in [4.78, 5) is 23.4. The summed E-state index contributed by atoms with van der Waals surface area (Å²) in [6.07, 6.45) is 2.73. The van der Waals surface area contributed by atoms with Gasteiger partial charge >= 0.3 is 5.97 Å². The maximum atomic E-state index is 12.2. The molecule has 1 aliphatic carbocycles. The Kier molecular flexibility index (Phi) is 5.23. The first-order chi connectivity index (χ1) is 9.97. The van der Waals surface area contributed by atoms with Crippen molar-refractivity contribution in [1.82, 2.24) is 5.32 Å². The van der Waals surface area contributed by atoms with Gasteiger partial charge in [0, 0.05) is 11.1 Å². The summed E-state index contributed by atoms with van der Waals surface area (Å²) in [5, 5.41) is 12.7. The molecule has 2 N–H and O–H groups in total. The van der Waals surface area contributed by atoms with E-state index >= 15 is 0 Å². The molecule has 0 aromatic heterocycles. The highest BCUT2D eigenvalue weighted by molar-refractivity contribution is 6.30. The molecule has 1 fully saturated rings. The maximum Gasteiger partial charge on any atom is 0.307 e. The summed E-state index contributed by atoms with van der Waals surface area (Å²) >= 11 is 5.94. The molecule has 0 radical (unpaired) electrons.